The van der Waals surface area contributed by atoms with Crippen molar-refractivity contribution in [3.63, 3.8) is 0 Å². The Morgan fingerprint density at radius 3 is 2.58 bits per heavy atom. The average Bonchev–Trinajstić information content (AvgIpc) is 3.26. The lowest BCUT2D eigenvalue weighted by atomic mass is 10.1. The van der Waals surface area contributed by atoms with E-state index in [-0.39, 0.29) is 24.0 Å². The van der Waals surface area contributed by atoms with E-state index >= 15 is 0 Å². The van der Waals surface area contributed by atoms with Crippen molar-refractivity contribution in [2.45, 2.75) is 32.9 Å². The molecular formula is C18H26IN5. The molecule has 1 aromatic heterocycles. The molecule has 1 aromatic carbocycles. The molecule has 0 atom stereocenters. The van der Waals surface area contributed by atoms with Gasteiger partial charge in [0.1, 0.15) is 0 Å². The van der Waals surface area contributed by atoms with E-state index in [9.17, 15) is 0 Å². The van der Waals surface area contributed by atoms with Crippen molar-refractivity contribution in [3.8, 4) is 0 Å². The lowest BCUT2D eigenvalue weighted by Crippen LogP contribution is -2.39. The number of nitrogens with one attached hydrogen (secondary N) is 1. The zero-order chi connectivity index (χ0) is 15.9. The summed E-state index contributed by atoms with van der Waals surface area (Å²) in [6.07, 6.45) is 6.34. The lowest BCUT2D eigenvalue weighted by Gasteiger charge is -2.21. The van der Waals surface area contributed by atoms with Crippen LogP contribution in [-0.2, 0) is 13.1 Å². The highest BCUT2D eigenvalue weighted by Crippen LogP contribution is 2.13. The van der Waals surface area contributed by atoms with Crippen LogP contribution in [0.15, 0.2) is 47.7 Å². The second-order valence-corrected chi connectivity index (χ2v) is 5.84. The topological polar surface area (TPSA) is 45.5 Å². The van der Waals surface area contributed by atoms with Gasteiger partial charge in [0, 0.05) is 32.0 Å². The summed E-state index contributed by atoms with van der Waals surface area (Å²) in [5.41, 5.74) is 2.54. The minimum Gasteiger partial charge on any atom is -0.357 e. The first-order valence-electron chi connectivity index (χ1n) is 8.44. The van der Waals surface area contributed by atoms with Crippen molar-refractivity contribution in [3.05, 3.63) is 53.9 Å². The molecule has 1 saturated heterocycles. The van der Waals surface area contributed by atoms with Crippen LogP contribution in [0.3, 0.4) is 0 Å². The normalized spacial score (nSPS) is 14.5. The van der Waals surface area contributed by atoms with E-state index in [1.807, 2.05) is 23.1 Å². The number of nitrogens with zero attached hydrogens (tertiary/aromatic N) is 4. The fourth-order valence-electron chi connectivity index (χ4n) is 2.95. The second kappa shape index (κ2) is 9.66. The number of aliphatic imine (C=N–C) groups is 1. The van der Waals surface area contributed by atoms with Crippen LogP contribution in [0.4, 0.5) is 0 Å². The van der Waals surface area contributed by atoms with E-state index in [4.69, 9.17) is 4.99 Å². The monoisotopic (exact) mass is 439 g/mol. The van der Waals surface area contributed by atoms with Gasteiger partial charge in [0.2, 0.25) is 0 Å². The largest absolute Gasteiger partial charge is 0.357 e. The molecular weight excluding hydrogens is 413 g/mol. The molecule has 0 aliphatic carbocycles. The second-order valence-electron chi connectivity index (χ2n) is 5.84. The molecule has 2 heterocycles. The van der Waals surface area contributed by atoms with Gasteiger partial charge >= 0.3 is 0 Å². The summed E-state index contributed by atoms with van der Waals surface area (Å²) in [6.45, 7) is 6.75. The van der Waals surface area contributed by atoms with Gasteiger partial charge in [-0.15, -0.1) is 24.0 Å². The Labute approximate surface area is 161 Å². The molecule has 1 N–H and O–H groups in total. The number of hydrogen-bond donors (Lipinski definition) is 1. The van der Waals surface area contributed by atoms with Crippen LogP contribution < -0.4 is 5.32 Å². The van der Waals surface area contributed by atoms with Crippen LogP contribution in [0.2, 0.25) is 0 Å². The maximum absolute atomic E-state index is 4.86. The number of halogens is 1. The quantitative estimate of drug-likeness (QED) is 0.443. The Hall–Kier alpha value is -1.57. The van der Waals surface area contributed by atoms with E-state index < -0.39 is 0 Å². The Morgan fingerprint density at radius 2 is 1.92 bits per heavy atom. The molecule has 1 aliphatic heterocycles. The van der Waals surface area contributed by atoms with Gasteiger partial charge in [-0.2, -0.15) is 5.10 Å². The summed E-state index contributed by atoms with van der Waals surface area (Å²) >= 11 is 0. The molecule has 0 saturated carbocycles. The van der Waals surface area contributed by atoms with Gasteiger partial charge in [0.15, 0.2) is 5.96 Å². The first kappa shape index (κ1) is 18.8. The predicted molar refractivity (Wildman–Crippen MR) is 109 cm³/mol. The van der Waals surface area contributed by atoms with Crippen molar-refractivity contribution in [1.82, 2.24) is 20.0 Å². The molecule has 0 spiro atoms. The molecule has 24 heavy (non-hydrogen) atoms. The first-order chi connectivity index (χ1) is 11.4. The van der Waals surface area contributed by atoms with Gasteiger partial charge in [0.05, 0.1) is 13.1 Å². The number of likely N-dealkylation sites (tertiary alicyclic amines) is 1. The van der Waals surface area contributed by atoms with Gasteiger partial charge in [0.25, 0.3) is 0 Å². The van der Waals surface area contributed by atoms with Crippen LogP contribution >= 0.6 is 24.0 Å². The molecule has 0 radical (unpaired) electrons. The molecule has 0 amide bonds. The highest BCUT2D eigenvalue weighted by Gasteiger charge is 2.15. The molecule has 0 unspecified atom stereocenters. The third-order valence-corrected chi connectivity index (χ3v) is 4.15. The summed E-state index contributed by atoms with van der Waals surface area (Å²) in [5.74, 6) is 1.04. The summed E-state index contributed by atoms with van der Waals surface area (Å²) in [5, 5.41) is 7.72. The summed E-state index contributed by atoms with van der Waals surface area (Å²) in [7, 11) is 0. The van der Waals surface area contributed by atoms with E-state index in [0.717, 1.165) is 32.1 Å². The van der Waals surface area contributed by atoms with Crippen LogP contribution in [0.25, 0.3) is 0 Å². The van der Waals surface area contributed by atoms with Crippen LogP contribution in [0, 0.1) is 0 Å². The van der Waals surface area contributed by atoms with Crippen LogP contribution in [0.5, 0.6) is 0 Å². The van der Waals surface area contributed by atoms with Gasteiger partial charge in [-0.25, -0.2) is 4.99 Å². The Balaban J connectivity index is 0.00000208. The minimum atomic E-state index is 0. The number of benzene rings is 1. The van der Waals surface area contributed by atoms with Crippen molar-refractivity contribution >= 4 is 29.9 Å². The Kier molecular flexibility index (Phi) is 7.55. The predicted octanol–water partition coefficient (Wildman–Crippen LogP) is 3.11. The van der Waals surface area contributed by atoms with Gasteiger partial charge in [-0.05, 0) is 37.0 Å². The SMILES string of the molecule is CCNC(=NCc1ccccc1Cn1cccn1)N1CCCC1.I. The molecule has 1 aliphatic rings. The standard InChI is InChI=1S/C18H25N5.HI/c1-2-19-18(22-11-5-6-12-22)20-14-16-8-3-4-9-17(16)15-23-13-7-10-21-23;/h3-4,7-10,13H,2,5-6,11-12,14-15H2,1H3,(H,19,20);1H. The van der Waals surface area contributed by atoms with Gasteiger partial charge < -0.3 is 10.2 Å². The van der Waals surface area contributed by atoms with E-state index in [1.54, 1.807) is 0 Å². The maximum Gasteiger partial charge on any atom is 0.194 e. The van der Waals surface area contributed by atoms with Crippen molar-refractivity contribution < 1.29 is 0 Å². The fraction of sp³-hybridized carbons (Fsp3) is 0.444. The van der Waals surface area contributed by atoms with Crippen molar-refractivity contribution in [2.75, 3.05) is 19.6 Å². The fourth-order valence-corrected chi connectivity index (χ4v) is 2.95. The maximum atomic E-state index is 4.86. The summed E-state index contributed by atoms with van der Waals surface area (Å²) in [6, 6.07) is 10.4. The third-order valence-electron chi connectivity index (χ3n) is 4.15. The van der Waals surface area contributed by atoms with Crippen molar-refractivity contribution in [2.24, 2.45) is 4.99 Å². The van der Waals surface area contributed by atoms with E-state index in [2.05, 4.69) is 46.5 Å². The summed E-state index contributed by atoms with van der Waals surface area (Å²) < 4.78 is 1.95. The van der Waals surface area contributed by atoms with E-state index in [0.29, 0.717) is 6.54 Å². The first-order valence-corrected chi connectivity index (χ1v) is 8.44. The smallest absolute Gasteiger partial charge is 0.194 e. The minimum absolute atomic E-state index is 0. The highest BCUT2D eigenvalue weighted by atomic mass is 127. The average molecular weight is 439 g/mol. The number of aromatic nitrogens is 2. The number of hydrogen-bond acceptors (Lipinski definition) is 2. The Bertz CT molecular complexity index is 633. The Morgan fingerprint density at radius 1 is 1.17 bits per heavy atom. The molecule has 130 valence electrons. The number of guanidine groups is 1. The number of rotatable bonds is 5. The zero-order valence-electron chi connectivity index (χ0n) is 14.2. The van der Waals surface area contributed by atoms with Gasteiger partial charge in [-0.3, -0.25) is 4.68 Å². The molecule has 6 heteroatoms. The molecule has 0 bridgehead atoms. The zero-order valence-corrected chi connectivity index (χ0v) is 16.5. The lowest BCUT2D eigenvalue weighted by molar-refractivity contribution is 0.493. The molecule has 2 aromatic rings. The highest BCUT2D eigenvalue weighted by molar-refractivity contribution is 14.0. The molecule has 3 rings (SSSR count). The summed E-state index contributed by atoms with van der Waals surface area (Å²) in [4.78, 5) is 7.22. The van der Waals surface area contributed by atoms with E-state index in [1.165, 1.54) is 24.0 Å². The van der Waals surface area contributed by atoms with Crippen molar-refractivity contribution in [1.29, 1.82) is 0 Å². The van der Waals surface area contributed by atoms with Crippen LogP contribution in [0.1, 0.15) is 30.9 Å². The third kappa shape index (κ3) is 4.96. The van der Waals surface area contributed by atoms with Crippen LogP contribution in [-0.4, -0.2) is 40.3 Å². The molecule has 5 nitrogen and oxygen atoms in total. The van der Waals surface area contributed by atoms with Gasteiger partial charge in [-0.1, -0.05) is 24.3 Å². The molecule has 1 fully saturated rings.